The summed E-state index contributed by atoms with van der Waals surface area (Å²) in [5, 5.41) is 3.32. The second-order valence-electron chi connectivity index (χ2n) is 5.65. The van der Waals surface area contributed by atoms with Gasteiger partial charge < -0.3 is 15.0 Å². The van der Waals surface area contributed by atoms with Gasteiger partial charge in [0.25, 0.3) is 0 Å². The fourth-order valence-electron chi connectivity index (χ4n) is 2.61. The Morgan fingerprint density at radius 2 is 2.05 bits per heavy atom. The first kappa shape index (κ1) is 16.0. The van der Waals surface area contributed by atoms with Crippen molar-refractivity contribution in [3.8, 4) is 5.75 Å². The van der Waals surface area contributed by atoms with E-state index < -0.39 is 0 Å². The number of hydrogen-bond donors (Lipinski definition) is 1. The minimum atomic E-state index is 0.810. The van der Waals surface area contributed by atoms with Crippen LogP contribution in [0.4, 0.5) is 0 Å². The second kappa shape index (κ2) is 8.17. The lowest BCUT2D eigenvalue weighted by Crippen LogP contribution is -2.43. The maximum Gasteiger partial charge on any atom is 0.123 e. The van der Waals surface area contributed by atoms with Crippen LogP contribution in [-0.2, 0) is 13.1 Å². The lowest BCUT2D eigenvalue weighted by Gasteiger charge is -2.32. The van der Waals surface area contributed by atoms with E-state index in [0.29, 0.717) is 0 Å². The Bertz CT molecular complexity index is 453. The van der Waals surface area contributed by atoms with Gasteiger partial charge in [-0.1, -0.05) is 18.2 Å². The first-order valence-electron chi connectivity index (χ1n) is 7.61. The predicted octanol–water partition coefficient (Wildman–Crippen LogP) is 1.72. The fourth-order valence-corrected chi connectivity index (χ4v) is 2.61. The van der Waals surface area contributed by atoms with Gasteiger partial charge in [0.05, 0.1) is 7.11 Å². The highest BCUT2D eigenvalue weighted by Gasteiger charge is 2.14. The lowest BCUT2D eigenvalue weighted by atomic mass is 10.1. The van der Waals surface area contributed by atoms with Gasteiger partial charge in [-0.3, -0.25) is 4.90 Å². The van der Waals surface area contributed by atoms with E-state index in [2.05, 4.69) is 46.9 Å². The van der Waals surface area contributed by atoms with Gasteiger partial charge in [0.2, 0.25) is 0 Å². The number of rotatable bonds is 7. The molecular formula is C17H27N3O. The van der Waals surface area contributed by atoms with Crippen molar-refractivity contribution >= 4 is 0 Å². The van der Waals surface area contributed by atoms with Crippen LogP contribution >= 0.6 is 0 Å². The smallest absolute Gasteiger partial charge is 0.123 e. The van der Waals surface area contributed by atoms with Crippen LogP contribution in [0.25, 0.3) is 0 Å². The molecule has 1 aromatic carbocycles. The van der Waals surface area contributed by atoms with Crippen molar-refractivity contribution in [2.24, 2.45) is 0 Å². The molecule has 1 fully saturated rings. The molecule has 2 rings (SSSR count). The van der Waals surface area contributed by atoms with E-state index in [1.165, 1.54) is 11.1 Å². The summed E-state index contributed by atoms with van der Waals surface area (Å²) in [6.07, 6.45) is 1.87. The van der Waals surface area contributed by atoms with Crippen molar-refractivity contribution in [1.29, 1.82) is 0 Å². The summed E-state index contributed by atoms with van der Waals surface area (Å²) in [6.45, 7) is 10.9. The Kier molecular flexibility index (Phi) is 6.23. The highest BCUT2D eigenvalue weighted by Crippen LogP contribution is 2.21. The number of nitrogens with zero attached hydrogens (tertiary/aromatic N) is 2. The Labute approximate surface area is 128 Å². The third-order valence-corrected chi connectivity index (χ3v) is 3.96. The van der Waals surface area contributed by atoms with Gasteiger partial charge >= 0.3 is 0 Å². The van der Waals surface area contributed by atoms with E-state index in [4.69, 9.17) is 4.74 Å². The summed E-state index contributed by atoms with van der Waals surface area (Å²) in [7, 11) is 3.93. The molecule has 1 heterocycles. The molecule has 0 saturated carbocycles. The summed E-state index contributed by atoms with van der Waals surface area (Å²) in [4.78, 5) is 4.88. The average Bonchev–Trinajstić information content (AvgIpc) is 2.51. The van der Waals surface area contributed by atoms with Crippen molar-refractivity contribution in [3.63, 3.8) is 0 Å². The van der Waals surface area contributed by atoms with Crippen LogP contribution in [0.1, 0.15) is 11.1 Å². The number of benzene rings is 1. The SMILES string of the molecule is C=CCNCc1ccc(CN2CCN(C)CC2)cc1OC. The maximum absolute atomic E-state index is 5.53. The number of likely N-dealkylation sites (N-methyl/N-ethyl adjacent to an activating group) is 1. The molecule has 4 nitrogen and oxygen atoms in total. The molecule has 0 radical (unpaired) electrons. The number of ether oxygens (including phenoxy) is 1. The highest BCUT2D eigenvalue weighted by molar-refractivity contribution is 5.37. The molecule has 116 valence electrons. The van der Waals surface area contributed by atoms with Crippen molar-refractivity contribution in [2.45, 2.75) is 13.1 Å². The summed E-state index contributed by atoms with van der Waals surface area (Å²) in [6, 6.07) is 6.55. The van der Waals surface area contributed by atoms with E-state index in [1.54, 1.807) is 7.11 Å². The molecule has 4 heteroatoms. The zero-order valence-electron chi connectivity index (χ0n) is 13.3. The van der Waals surface area contributed by atoms with Gasteiger partial charge in [0.15, 0.2) is 0 Å². The van der Waals surface area contributed by atoms with E-state index in [1.807, 2.05) is 6.08 Å². The second-order valence-corrected chi connectivity index (χ2v) is 5.65. The van der Waals surface area contributed by atoms with Gasteiger partial charge in [-0.25, -0.2) is 0 Å². The monoisotopic (exact) mass is 289 g/mol. The van der Waals surface area contributed by atoms with E-state index in [-0.39, 0.29) is 0 Å². The Hall–Kier alpha value is -1.36. The third-order valence-electron chi connectivity index (χ3n) is 3.96. The molecule has 0 bridgehead atoms. The topological polar surface area (TPSA) is 27.7 Å². The zero-order chi connectivity index (χ0) is 15.1. The number of hydrogen-bond acceptors (Lipinski definition) is 4. The van der Waals surface area contributed by atoms with Crippen LogP contribution in [0, 0.1) is 0 Å². The highest BCUT2D eigenvalue weighted by atomic mass is 16.5. The summed E-state index contributed by atoms with van der Waals surface area (Å²) < 4.78 is 5.53. The minimum absolute atomic E-state index is 0.810. The molecule has 0 aliphatic carbocycles. The van der Waals surface area contributed by atoms with E-state index >= 15 is 0 Å². The molecule has 0 spiro atoms. The third kappa shape index (κ3) is 4.84. The van der Waals surface area contributed by atoms with Crippen molar-refractivity contribution in [3.05, 3.63) is 42.0 Å². The van der Waals surface area contributed by atoms with Crippen LogP contribution in [0.2, 0.25) is 0 Å². The quantitative estimate of drug-likeness (QED) is 0.611. The van der Waals surface area contributed by atoms with Gasteiger partial charge in [-0.2, -0.15) is 0 Å². The number of nitrogens with one attached hydrogen (secondary N) is 1. The summed E-state index contributed by atoms with van der Waals surface area (Å²) >= 11 is 0. The standard InChI is InChI=1S/C17H27N3O/c1-4-7-18-13-16-6-5-15(12-17(16)21-3)14-20-10-8-19(2)9-11-20/h4-6,12,18H,1,7-11,13-14H2,2-3H3. The molecule has 0 aromatic heterocycles. The molecule has 0 atom stereocenters. The van der Waals surface area contributed by atoms with Crippen LogP contribution in [-0.4, -0.2) is 56.7 Å². The van der Waals surface area contributed by atoms with Crippen molar-refractivity contribution < 1.29 is 4.74 Å². The Morgan fingerprint density at radius 1 is 1.29 bits per heavy atom. The minimum Gasteiger partial charge on any atom is -0.496 e. The predicted molar refractivity (Wildman–Crippen MR) is 87.7 cm³/mol. The summed E-state index contributed by atoms with van der Waals surface area (Å²) in [5.41, 5.74) is 2.52. The first-order chi connectivity index (χ1) is 10.2. The Balaban J connectivity index is 1.96. The molecule has 21 heavy (non-hydrogen) atoms. The molecule has 1 saturated heterocycles. The first-order valence-corrected chi connectivity index (χ1v) is 7.61. The van der Waals surface area contributed by atoms with Gasteiger partial charge in [-0.15, -0.1) is 6.58 Å². The molecule has 1 aliphatic heterocycles. The normalized spacial score (nSPS) is 16.9. The van der Waals surface area contributed by atoms with Crippen LogP contribution < -0.4 is 10.1 Å². The molecular weight excluding hydrogens is 262 g/mol. The molecule has 1 aliphatic rings. The van der Waals surface area contributed by atoms with Gasteiger partial charge in [0.1, 0.15) is 5.75 Å². The van der Waals surface area contributed by atoms with Crippen LogP contribution in [0.15, 0.2) is 30.9 Å². The maximum atomic E-state index is 5.53. The van der Waals surface area contributed by atoms with E-state index in [0.717, 1.165) is 51.6 Å². The van der Waals surface area contributed by atoms with Crippen molar-refractivity contribution in [1.82, 2.24) is 15.1 Å². The number of piperazine rings is 1. The van der Waals surface area contributed by atoms with Crippen LogP contribution in [0.3, 0.4) is 0 Å². The van der Waals surface area contributed by atoms with Crippen LogP contribution in [0.5, 0.6) is 5.75 Å². The fraction of sp³-hybridized carbons (Fsp3) is 0.529. The average molecular weight is 289 g/mol. The van der Waals surface area contributed by atoms with Gasteiger partial charge in [-0.05, 0) is 18.7 Å². The zero-order valence-corrected chi connectivity index (χ0v) is 13.3. The Morgan fingerprint density at radius 3 is 2.71 bits per heavy atom. The molecule has 0 unspecified atom stereocenters. The van der Waals surface area contributed by atoms with Crippen molar-refractivity contribution in [2.75, 3.05) is 46.9 Å². The summed E-state index contributed by atoms with van der Waals surface area (Å²) in [5.74, 6) is 0.971. The van der Waals surface area contributed by atoms with Gasteiger partial charge in [0, 0.05) is 51.4 Å². The number of methoxy groups -OCH3 is 1. The molecule has 0 amide bonds. The molecule has 1 aromatic rings. The largest absolute Gasteiger partial charge is 0.496 e. The lowest BCUT2D eigenvalue weighted by molar-refractivity contribution is 0.148. The van der Waals surface area contributed by atoms with E-state index in [9.17, 15) is 0 Å². The molecule has 1 N–H and O–H groups in total.